The third kappa shape index (κ3) is 1.14. The van der Waals surface area contributed by atoms with Gasteiger partial charge in [-0.2, -0.15) is 5.10 Å². The van der Waals surface area contributed by atoms with Crippen molar-refractivity contribution in [2.75, 3.05) is 0 Å². The molecule has 14 heavy (non-hydrogen) atoms. The molecule has 0 aliphatic heterocycles. The van der Waals surface area contributed by atoms with Crippen LogP contribution in [0.15, 0.2) is 18.3 Å². The average Bonchev–Trinajstić information content (AvgIpc) is 2.43. The first kappa shape index (κ1) is 8.68. The smallest absolute Gasteiger partial charge is 0.339 e. The molecule has 2 rings (SSSR count). The van der Waals surface area contributed by atoms with Crippen molar-refractivity contribution in [3.05, 3.63) is 29.7 Å². The summed E-state index contributed by atoms with van der Waals surface area (Å²) in [5.41, 5.74) is 0.155. The van der Waals surface area contributed by atoms with Crippen LogP contribution in [0.2, 0.25) is 0 Å². The van der Waals surface area contributed by atoms with Crippen LogP contribution < -0.4 is 0 Å². The van der Waals surface area contributed by atoms with Crippen molar-refractivity contribution in [1.82, 2.24) is 9.78 Å². The van der Waals surface area contributed by atoms with Gasteiger partial charge in [-0.25, -0.2) is 9.18 Å². The van der Waals surface area contributed by atoms with Crippen LogP contribution in [0.1, 0.15) is 10.4 Å². The molecule has 0 saturated carbocycles. The molecular weight excluding hydrogens is 187 g/mol. The summed E-state index contributed by atoms with van der Waals surface area (Å²) in [6, 6.07) is 2.57. The van der Waals surface area contributed by atoms with Crippen molar-refractivity contribution in [3.63, 3.8) is 0 Å². The monoisotopic (exact) mass is 194 g/mol. The molecule has 0 fully saturated rings. The lowest BCUT2D eigenvalue weighted by molar-refractivity contribution is 0.0694. The molecule has 5 heteroatoms. The fraction of sp³-hybridized carbons (Fsp3) is 0.111. The number of carbonyl (C=O) groups is 1. The topological polar surface area (TPSA) is 55.1 Å². The number of aromatic carboxylic acids is 1. The molecule has 0 bridgehead atoms. The van der Waals surface area contributed by atoms with E-state index in [0.717, 1.165) is 6.07 Å². The minimum Gasteiger partial charge on any atom is -0.478 e. The second-order valence-corrected chi connectivity index (χ2v) is 2.96. The van der Waals surface area contributed by atoms with E-state index in [0.29, 0.717) is 10.9 Å². The third-order valence-corrected chi connectivity index (χ3v) is 1.97. The van der Waals surface area contributed by atoms with Gasteiger partial charge in [0, 0.05) is 18.6 Å². The highest BCUT2D eigenvalue weighted by Crippen LogP contribution is 2.20. The highest BCUT2D eigenvalue weighted by molar-refractivity contribution is 6.02. The van der Waals surface area contributed by atoms with Crippen LogP contribution >= 0.6 is 0 Å². The van der Waals surface area contributed by atoms with E-state index in [1.165, 1.54) is 16.9 Å². The van der Waals surface area contributed by atoms with Gasteiger partial charge in [0.15, 0.2) is 0 Å². The molecule has 0 saturated heterocycles. The number of carboxylic acids is 1. The molecule has 72 valence electrons. The van der Waals surface area contributed by atoms with Crippen LogP contribution in [0.4, 0.5) is 4.39 Å². The van der Waals surface area contributed by atoms with Gasteiger partial charge in [-0.1, -0.05) is 0 Å². The zero-order valence-corrected chi connectivity index (χ0v) is 7.36. The molecule has 4 nitrogen and oxygen atoms in total. The van der Waals surface area contributed by atoms with Gasteiger partial charge in [0.1, 0.15) is 11.4 Å². The largest absolute Gasteiger partial charge is 0.478 e. The fourth-order valence-electron chi connectivity index (χ4n) is 1.40. The molecule has 2 aromatic rings. The predicted octanol–water partition coefficient (Wildman–Crippen LogP) is 1.41. The van der Waals surface area contributed by atoms with Crippen molar-refractivity contribution in [2.24, 2.45) is 7.05 Å². The Kier molecular flexibility index (Phi) is 1.73. The normalized spacial score (nSPS) is 10.7. The molecule has 0 unspecified atom stereocenters. The van der Waals surface area contributed by atoms with Crippen LogP contribution in [0, 0.1) is 5.82 Å². The number of halogens is 1. The molecule has 1 aromatic carbocycles. The maximum absolute atomic E-state index is 13.2. The number of aromatic nitrogens is 2. The van der Waals surface area contributed by atoms with Crippen molar-refractivity contribution >= 4 is 16.9 Å². The quantitative estimate of drug-likeness (QED) is 0.746. The van der Waals surface area contributed by atoms with E-state index in [-0.39, 0.29) is 5.56 Å². The lowest BCUT2D eigenvalue weighted by Gasteiger charge is -1.96. The highest BCUT2D eigenvalue weighted by atomic mass is 19.1. The number of hydrogen-bond acceptors (Lipinski definition) is 2. The van der Waals surface area contributed by atoms with Gasteiger partial charge < -0.3 is 5.11 Å². The van der Waals surface area contributed by atoms with E-state index in [4.69, 9.17) is 5.11 Å². The Morgan fingerprint density at radius 1 is 1.57 bits per heavy atom. The van der Waals surface area contributed by atoms with Crippen LogP contribution in [0.5, 0.6) is 0 Å². The Morgan fingerprint density at radius 2 is 2.29 bits per heavy atom. The second-order valence-electron chi connectivity index (χ2n) is 2.96. The summed E-state index contributed by atoms with van der Waals surface area (Å²) in [7, 11) is 1.66. The molecular formula is C9H7FN2O2. The van der Waals surface area contributed by atoms with Gasteiger partial charge in [-0.05, 0) is 12.1 Å². The van der Waals surface area contributed by atoms with E-state index in [9.17, 15) is 9.18 Å². The lowest BCUT2D eigenvalue weighted by atomic mass is 10.1. The van der Waals surface area contributed by atoms with Gasteiger partial charge in [0.25, 0.3) is 0 Å². The SMILES string of the molecule is Cn1cc2c(C(=O)O)c(F)ccc2n1. The lowest BCUT2D eigenvalue weighted by Crippen LogP contribution is -2.00. The number of carboxylic acid groups (broad SMARTS) is 1. The number of benzene rings is 1. The van der Waals surface area contributed by atoms with E-state index < -0.39 is 11.8 Å². The van der Waals surface area contributed by atoms with Gasteiger partial charge in [0.05, 0.1) is 5.52 Å². The Morgan fingerprint density at radius 3 is 2.93 bits per heavy atom. The Bertz CT molecular complexity index is 519. The standard InChI is InChI=1S/C9H7FN2O2/c1-12-4-5-7(11-12)3-2-6(10)8(5)9(13)14/h2-4H,1H3,(H,13,14). The van der Waals surface area contributed by atoms with Gasteiger partial charge in [-0.3, -0.25) is 4.68 Å². The van der Waals surface area contributed by atoms with Crippen LogP contribution in [-0.4, -0.2) is 20.9 Å². The first-order valence-electron chi connectivity index (χ1n) is 3.95. The summed E-state index contributed by atoms with van der Waals surface area (Å²) >= 11 is 0. The van der Waals surface area contributed by atoms with Crippen LogP contribution in [-0.2, 0) is 7.05 Å². The van der Waals surface area contributed by atoms with Gasteiger partial charge >= 0.3 is 5.97 Å². The molecule has 1 aromatic heterocycles. The van der Waals surface area contributed by atoms with Crippen LogP contribution in [0.25, 0.3) is 10.9 Å². The molecule has 0 amide bonds. The molecule has 0 spiro atoms. The molecule has 0 aliphatic carbocycles. The predicted molar refractivity (Wildman–Crippen MR) is 47.6 cm³/mol. The van der Waals surface area contributed by atoms with Crippen molar-refractivity contribution in [3.8, 4) is 0 Å². The van der Waals surface area contributed by atoms with E-state index >= 15 is 0 Å². The number of hydrogen-bond donors (Lipinski definition) is 1. The minimum atomic E-state index is -1.28. The maximum Gasteiger partial charge on any atom is 0.339 e. The molecule has 0 aliphatic rings. The number of fused-ring (bicyclic) bond motifs is 1. The van der Waals surface area contributed by atoms with Crippen molar-refractivity contribution < 1.29 is 14.3 Å². The zero-order valence-electron chi connectivity index (χ0n) is 7.36. The second kappa shape index (κ2) is 2.80. The Balaban J connectivity index is 2.88. The summed E-state index contributed by atoms with van der Waals surface area (Å²) in [5, 5.41) is 13.1. The number of nitrogens with zero attached hydrogens (tertiary/aromatic N) is 2. The summed E-state index contributed by atoms with van der Waals surface area (Å²) in [5.74, 6) is -2.01. The fourth-order valence-corrected chi connectivity index (χ4v) is 1.40. The maximum atomic E-state index is 13.2. The van der Waals surface area contributed by atoms with E-state index in [2.05, 4.69) is 5.10 Å². The molecule has 0 radical (unpaired) electrons. The van der Waals surface area contributed by atoms with E-state index in [1.807, 2.05) is 0 Å². The van der Waals surface area contributed by atoms with E-state index in [1.54, 1.807) is 7.05 Å². The number of rotatable bonds is 1. The molecule has 0 atom stereocenters. The average molecular weight is 194 g/mol. The molecule has 1 N–H and O–H groups in total. The summed E-state index contributed by atoms with van der Waals surface area (Å²) in [4.78, 5) is 10.8. The first-order valence-corrected chi connectivity index (χ1v) is 3.95. The Hall–Kier alpha value is -1.91. The number of aryl methyl sites for hydroxylation is 1. The summed E-state index contributed by atoms with van der Waals surface area (Å²) < 4.78 is 14.6. The minimum absolute atomic E-state index is 0.319. The highest BCUT2D eigenvalue weighted by Gasteiger charge is 2.16. The summed E-state index contributed by atoms with van der Waals surface area (Å²) in [6.45, 7) is 0. The van der Waals surface area contributed by atoms with Crippen LogP contribution in [0.3, 0.4) is 0 Å². The Labute approximate surface area is 78.6 Å². The zero-order chi connectivity index (χ0) is 10.3. The summed E-state index contributed by atoms with van der Waals surface area (Å²) in [6.07, 6.45) is 1.49. The van der Waals surface area contributed by atoms with Gasteiger partial charge in [0.2, 0.25) is 0 Å². The van der Waals surface area contributed by atoms with Crippen molar-refractivity contribution in [1.29, 1.82) is 0 Å². The first-order chi connectivity index (χ1) is 6.59. The van der Waals surface area contributed by atoms with Crippen molar-refractivity contribution in [2.45, 2.75) is 0 Å². The van der Waals surface area contributed by atoms with Gasteiger partial charge in [-0.15, -0.1) is 0 Å². The molecule has 1 heterocycles. The third-order valence-electron chi connectivity index (χ3n) is 1.97.